The number of aromatic nitrogens is 1. The maximum Gasteiger partial charge on any atom is 0.490 e. The summed E-state index contributed by atoms with van der Waals surface area (Å²) in [6.45, 7) is 3.84. The van der Waals surface area contributed by atoms with Crippen molar-refractivity contribution in [3.05, 3.63) is 29.6 Å². The average molecular weight is 450 g/mol. The zero-order chi connectivity index (χ0) is 22.2. The number of nitrogens with zero attached hydrogens (tertiary/aromatic N) is 2. The molecule has 1 aromatic rings. The van der Waals surface area contributed by atoms with E-state index in [9.17, 15) is 22.4 Å². The predicted octanol–water partition coefficient (Wildman–Crippen LogP) is 3.13. The topological polar surface area (TPSA) is 79.7 Å². The number of carboxylic acids is 1. The Bertz CT molecular complexity index is 810. The molecule has 3 heterocycles. The molecule has 166 valence electrons. The number of halogens is 4. The van der Waals surface area contributed by atoms with Crippen molar-refractivity contribution >= 4 is 23.6 Å². The fourth-order valence-electron chi connectivity index (χ4n) is 3.41. The van der Waals surface area contributed by atoms with Crippen LogP contribution in [0.25, 0.3) is 0 Å². The Kier molecular flexibility index (Phi) is 6.33. The summed E-state index contributed by atoms with van der Waals surface area (Å²) in [5.74, 6) is -2.11. The molecule has 0 radical (unpaired) electrons. The van der Waals surface area contributed by atoms with E-state index in [2.05, 4.69) is 4.98 Å². The summed E-state index contributed by atoms with van der Waals surface area (Å²) in [4.78, 5) is 27.0. The third-order valence-electron chi connectivity index (χ3n) is 5.15. The van der Waals surface area contributed by atoms with Gasteiger partial charge in [0.1, 0.15) is 0 Å². The molecule has 3 fully saturated rings. The number of thioether (sulfide) groups is 1. The number of hydrogen-bond acceptors (Lipinski definition) is 5. The van der Waals surface area contributed by atoms with E-state index in [0.29, 0.717) is 32.5 Å². The average Bonchev–Trinajstić information content (AvgIpc) is 3.24. The SMILES string of the molecule is Cc1cccc(COC2CSC3(C2)CN(C(=O)C2(F)CC2)C3)n1.O=C(O)C(F)(F)F. The van der Waals surface area contributed by atoms with Gasteiger partial charge in [0.15, 0.2) is 5.67 Å². The molecule has 1 atom stereocenters. The van der Waals surface area contributed by atoms with Crippen LogP contribution in [0.3, 0.4) is 0 Å². The van der Waals surface area contributed by atoms with Crippen molar-refractivity contribution in [1.29, 1.82) is 0 Å². The molecule has 30 heavy (non-hydrogen) atoms. The zero-order valence-corrected chi connectivity index (χ0v) is 17.1. The van der Waals surface area contributed by atoms with Gasteiger partial charge in [-0.1, -0.05) is 6.07 Å². The molecule has 4 rings (SSSR count). The second-order valence-electron chi connectivity index (χ2n) is 7.83. The molecule has 1 spiro atoms. The molecule has 2 saturated heterocycles. The fourth-order valence-corrected chi connectivity index (χ4v) is 4.96. The molecule has 0 aromatic carbocycles. The first-order chi connectivity index (χ1) is 13.9. The smallest absolute Gasteiger partial charge is 0.475 e. The molecular weight excluding hydrogens is 428 g/mol. The highest BCUT2D eigenvalue weighted by molar-refractivity contribution is 8.01. The lowest BCUT2D eigenvalue weighted by molar-refractivity contribution is -0.192. The van der Waals surface area contributed by atoms with E-state index in [1.165, 1.54) is 0 Å². The predicted molar refractivity (Wildman–Crippen MR) is 101 cm³/mol. The van der Waals surface area contributed by atoms with Crippen LogP contribution in [0, 0.1) is 6.92 Å². The quantitative estimate of drug-likeness (QED) is 0.711. The molecule has 1 amide bonds. The molecule has 1 saturated carbocycles. The van der Waals surface area contributed by atoms with Gasteiger partial charge in [-0.25, -0.2) is 9.18 Å². The van der Waals surface area contributed by atoms with Gasteiger partial charge in [0.25, 0.3) is 5.91 Å². The fraction of sp³-hybridized carbons (Fsp3) is 0.632. The normalized spacial score (nSPS) is 23.4. The van der Waals surface area contributed by atoms with E-state index in [1.54, 1.807) is 4.90 Å². The monoisotopic (exact) mass is 450 g/mol. The number of carbonyl (C=O) groups excluding carboxylic acids is 1. The third kappa shape index (κ3) is 5.42. The lowest BCUT2D eigenvalue weighted by Crippen LogP contribution is -2.62. The van der Waals surface area contributed by atoms with E-state index < -0.39 is 17.8 Å². The summed E-state index contributed by atoms with van der Waals surface area (Å²) < 4.78 is 51.6. The van der Waals surface area contributed by atoms with Crippen LogP contribution in [0.1, 0.15) is 30.7 Å². The van der Waals surface area contributed by atoms with E-state index >= 15 is 0 Å². The van der Waals surface area contributed by atoms with Crippen molar-refractivity contribution in [1.82, 2.24) is 9.88 Å². The molecule has 3 aliphatic rings. The lowest BCUT2D eigenvalue weighted by atomic mass is 9.92. The summed E-state index contributed by atoms with van der Waals surface area (Å²) in [5, 5.41) is 7.12. The van der Waals surface area contributed by atoms with Crippen LogP contribution in [0.4, 0.5) is 17.6 Å². The molecule has 1 aromatic heterocycles. The van der Waals surface area contributed by atoms with Crippen molar-refractivity contribution in [2.45, 2.75) is 55.5 Å². The number of carboxylic acid groups (broad SMARTS) is 1. The number of pyridine rings is 1. The summed E-state index contributed by atoms with van der Waals surface area (Å²) >= 11 is 1.87. The van der Waals surface area contributed by atoms with E-state index in [1.807, 2.05) is 36.9 Å². The third-order valence-corrected chi connectivity index (χ3v) is 6.72. The first-order valence-corrected chi connectivity index (χ1v) is 10.4. The van der Waals surface area contributed by atoms with Crippen molar-refractivity contribution in [3.8, 4) is 0 Å². The number of ether oxygens (including phenoxy) is 1. The van der Waals surface area contributed by atoms with Crippen LogP contribution in [-0.4, -0.2) is 68.4 Å². The van der Waals surface area contributed by atoms with Gasteiger partial charge in [-0.05, 0) is 38.3 Å². The highest BCUT2D eigenvalue weighted by Crippen LogP contribution is 2.49. The van der Waals surface area contributed by atoms with E-state index in [-0.39, 0.29) is 16.8 Å². The molecule has 0 bridgehead atoms. The van der Waals surface area contributed by atoms with Gasteiger partial charge in [-0.3, -0.25) is 9.78 Å². The van der Waals surface area contributed by atoms with E-state index in [0.717, 1.165) is 23.6 Å². The number of hydrogen-bond donors (Lipinski definition) is 1. The van der Waals surface area contributed by atoms with Gasteiger partial charge in [0, 0.05) is 24.5 Å². The minimum Gasteiger partial charge on any atom is -0.475 e. The Morgan fingerprint density at radius 2 is 1.97 bits per heavy atom. The van der Waals surface area contributed by atoms with Crippen molar-refractivity contribution in [2.75, 3.05) is 18.8 Å². The number of alkyl halides is 4. The van der Waals surface area contributed by atoms with Crippen molar-refractivity contribution in [3.63, 3.8) is 0 Å². The number of aryl methyl sites for hydroxylation is 1. The molecule has 11 heteroatoms. The van der Waals surface area contributed by atoms with Gasteiger partial charge >= 0.3 is 12.1 Å². The van der Waals surface area contributed by atoms with Gasteiger partial charge < -0.3 is 14.7 Å². The van der Waals surface area contributed by atoms with Crippen LogP contribution in [0.15, 0.2) is 18.2 Å². The van der Waals surface area contributed by atoms with Crippen LogP contribution >= 0.6 is 11.8 Å². The zero-order valence-electron chi connectivity index (χ0n) is 16.2. The Morgan fingerprint density at radius 1 is 1.33 bits per heavy atom. The van der Waals surface area contributed by atoms with Gasteiger partial charge in [0.2, 0.25) is 0 Å². The van der Waals surface area contributed by atoms with Crippen molar-refractivity contribution < 1.29 is 37.0 Å². The number of aliphatic carboxylic acids is 1. The molecule has 1 aliphatic carbocycles. The van der Waals surface area contributed by atoms with Gasteiger partial charge in [0.05, 0.1) is 23.2 Å². The van der Waals surface area contributed by atoms with E-state index in [4.69, 9.17) is 14.6 Å². The molecule has 1 N–H and O–H groups in total. The summed E-state index contributed by atoms with van der Waals surface area (Å²) in [7, 11) is 0. The number of rotatable bonds is 4. The molecule has 6 nitrogen and oxygen atoms in total. The summed E-state index contributed by atoms with van der Waals surface area (Å²) in [6, 6.07) is 5.94. The van der Waals surface area contributed by atoms with Gasteiger partial charge in [-0.15, -0.1) is 11.8 Å². The van der Waals surface area contributed by atoms with Crippen LogP contribution < -0.4 is 0 Å². The number of carbonyl (C=O) groups is 2. The Balaban J connectivity index is 0.000000318. The van der Waals surface area contributed by atoms with Crippen LogP contribution in [0.2, 0.25) is 0 Å². The highest BCUT2D eigenvalue weighted by atomic mass is 32.2. The minimum absolute atomic E-state index is 0.0889. The Labute approximate surface area is 175 Å². The first kappa shape index (κ1) is 22.8. The number of amides is 1. The lowest BCUT2D eigenvalue weighted by Gasteiger charge is -2.48. The minimum atomic E-state index is -5.08. The first-order valence-electron chi connectivity index (χ1n) is 9.39. The largest absolute Gasteiger partial charge is 0.490 e. The standard InChI is InChI=1S/C17H21FN2O2S.C2HF3O2/c1-12-3-2-4-13(19-12)8-22-14-7-16(23-9-14)10-20(11-16)15(21)17(18)5-6-17;3-2(4,5)1(6)7/h2-4,14H,5-11H2,1H3;(H,6,7). The second kappa shape index (κ2) is 8.33. The maximum atomic E-state index is 13.8. The second-order valence-corrected chi connectivity index (χ2v) is 9.32. The van der Waals surface area contributed by atoms with Crippen molar-refractivity contribution in [2.24, 2.45) is 0 Å². The van der Waals surface area contributed by atoms with Crippen LogP contribution in [0.5, 0.6) is 0 Å². The molecular formula is C19H22F4N2O4S. The maximum absolute atomic E-state index is 13.8. The Hall–Kier alpha value is -1.88. The molecule has 2 aliphatic heterocycles. The van der Waals surface area contributed by atoms with Gasteiger partial charge in [-0.2, -0.15) is 13.2 Å². The Morgan fingerprint density at radius 3 is 2.50 bits per heavy atom. The molecule has 1 unspecified atom stereocenters. The summed E-state index contributed by atoms with van der Waals surface area (Å²) in [5.41, 5.74) is 0.420. The summed E-state index contributed by atoms with van der Waals surface area (Å²) in [6.07, 6.45) is -3.15. The van der Waals surface area contributed by atoms with Crippen LogP contribution in [-0.2, 0) is 20.9 Å². The number of likely N-dealkylation sites (tertiary alicyclic amines) is 1. The highest BCUT2D eigenvalue weighted by Gasteiger charge is 2.59.